The number of hydrogen-bond donors (Lipinski definition) is 0. The molecule has 6 nitrogen and oxygen atoms in total. The van der Waals surface area contributed by atoms with Gasteiger partial charge in [0.1, 0.15) is 18.2 Å². The van der Waals surface area contributed by atoms with Crippen LogP contribution in [0.1, 0.15) is 35.2 Å². The van der Waals surface area contributed by atoms with Crippen LogP contribution in [0.2, 0.25) is 10.0 Å². The summed E-state index contributed by atoms with van der Waals surface area (Å²) in [5, 5.41) is 1.00. The summed E-state index contributed by atoms with van der Waals surface area (Å²) >= 11 is 19.4. The number of aromatic nitrogens is 1. The number of rotatable bonds is 8. The third kappa shape index (κ3) is 7.12. The van der Waals surface area contributed by atoms with Gasteiger partial charge in [-0.3, -0.25) is 9.36 Å². The largest absolute Gasteiger partial charge is 0.487 e. The number of carbonyl (C=O) groups is 1. The number of esters is 1. The van der Waals surface area contributed by atoms with Crippen LogP contribution in [0.4, 0.5) is 4.39 Å². The van der Waals surface area contributed by atoms with E-state index < -0.39 is 17.8 Å². The van der Waals surface area contributed by atoms with E-state index in [0.29, 0.717) is 47.5 Å². The highest BCUT2D eigenvalue weighted by molar-refractivity contribution is 14.1. The van der Waals surface area contributed by atoms with Crippen LogP contribution in [0.3, 0.4) is 0 Å². The zero-order valence-corrected chi connectivity index (χ0v) is 30.5. The minimum Gasteiger partial charge on any atom is -0.487 e. The molecule has 0 bridgehead atoms. The van der Waals surface area contributed by atoms with Gasteiger partial charge in [0.15, 0.2) is 4.80 Å². The van der Waals surface area contributed by atoms with Gasteiger partial charge in [0.2, 0.25) is 0 Å². The maximum absolute atomic E-state index is 14.3. The highest BCUT2D eigenvalue weighted by Crippen LogP contribution is 2.36. The number of halogens is 5. The molecule has 1 atom stereocenters. The monoisotopic (exact) mass is 862 g/mol. The molecule has 1 aromatic heterocycles. The predicted molar refractivity (Wildman–Crippen MR) is 195 cm³/mol. The van der Waals surface area contributed by atoms with Crippen molar-refractivity contribution in [2.45, 2.75) is 19.6 Å². The fourth-order valence-electron chi connectivity index (χ4n) is 5.17. The van der Waals surface area contributed by atoms with Crippen LogP contribution in [0, 0.1) is 9.39 Å². The number of nitrogens with zero attached hydrogens (tertiary/aromatic N) is 2. The quantitative estimate of drug-likeness (QED) is 0.116. The molecule has 238 valence electrons. The molecule has 0 unspecified atom stereocenters. The van der Waals surface area contributed by atoms with E-state index in [0.717, 1.165) is 13.6 Å². The molecule has 6 rings (SSSR count). The first-order valence-corrected chi connectivity index (χ1v) is 17.7. The minimum absolute atomic E-state index is 0.122. The van der Waals surface area contributed by atoms with Gasteiger partial charge in [-0.25, -0.2) is 14.2 Å². The fraction of sp³-hybridized carbons (Fsp3) is 0.114. The van der Waals surface area contributed by atoms with Gasteiger partial charge in [-0.15, -0.1) is 0 Å². The lowest BCUT2D eigenvalue weighted by molar-refractivity contribution is -0.138. The van der Waals surface area contributed by atoms with Crippen LogP contribution in [0.25, 0.3) is 11.8 Å². The first-order valence-electron chi connectivity index (χ1n) is 14.2. The molecule has 0 saturated carbocycles. The molecule has 4 aromatic carbocycles. The van der Waals surface area contributed by atoms with Crippen LogP contribution in [0.15, 0.2) is 105 Å². The van der Waals surface area contributed by atoms with Gasteiger partial charge in [-0.1, -0.05) is 99.0 Å². The lowest BCUT2D eigenvalue weighted by atomic mass is 9.93. The second kappa shape index (κ2) is 14.4. The van der Waals surface area contributed by atoms with E-state index >= 15 is 0 Å². The lowest BCUT2D eigenvalue weighted by Gasteiger charge is -2.25. The number of fused-ring (bicyclic) bond motifs is 1. The molecule has 5 aromatic rings. The minimum atomic E-state index is -0.923. The molecule has 0 radical (unpaired) electrons. The van der Waals surface area contributed by atoms with E-state index in [1.165, 1.54) is 28.0 Å². The van der Waals surface area contributed by atoms with Crippen molar-refractivity contribution in [2.75, 3.05) is 6.61 Å². The van der Waals surface area contributed by atoms with E-state index in [2.05, 4.69) is 38.5 Å². The first kappa shape index (κ1) is 33.6. The molecule has 12 heteroatoms. The summed E-state index contributed by atoms with van der Waals surface area (Å²) in [7, 11) is 0. The Bertz CT molecular complexity index is 2220. The van der Waals surface area contributed by atoms with Crippen molar-refractivity contribution >= 4 is 90.8 Å². The Balaban J connectivity index is 1.55. The summed E-state index contributed by atoms with van der Waals surface area (Å²) in [6.07, 6.45) is 1.74. The van der Waals surface area contributed by atoms with Gasteiger partial charge in [0.25, 0.3) is 5.56 Å². The Morgan fingerprint density at radius 1 is 1.09 bits per heavy atom. The topological polar surface area (TPSA) is 69.9 Å². The van der Waals surface area contributed by atoms with Gasteiger partial charge >= 0.3 is 5.97 Å². The Morgan fingerprint density at radius 3 is 2.53 bits per heavy atom. The summed E-state index contributed by atoms with van der Waals surface area (Å²) in [4.78, 5) is 33.2. The summed E-state index contributed by atoms with van der Waals surface area (Å²) in [6, 6.07) is 23.0. The number of carbonyl (C=O) groups excluding carboxylic acids is 1. The Hall–Kier alpha value is -3.29. The summed E-state index contributed by atoms with van der Waals surface area (Å²) < 4.78 is 29.3. The van der Waals surface area contributed by atoms with Crippen molar-refractivity contribution in [2.24, 2.45) is 4.99 Å². The van der Waals surface area contributed by atoms with E-state index in [1.807, 2.05) is 42.5 Å². The molecular weight excluding hydrogens is 841 g/mol. The average molecular weight is 864 g/mol. The number of thiazole rings is 1. The number of ether oxygens (including phenoxy) is 2. The van der Waals surface area contributed by atoms with Gasteiger partial charge in [0, 0.05) is 31.2 Å². The third-order valence-electron chi connectivity index (χ3n) is 7.27. The van der Waals surface area contributed by atoms with E-state index in [4.69, 9.17) is 37.7 Å². The fourth-order valence-corrected chi connectivity index (χ4v) is 8.33. The van der Waals surface area contributed by atoms with E-state index in [9.17, 15) is 14.0 Å². The van der Waals surface area contributed by atoms with Crippen molar-refractivity contribution in [1.29, 1.82) is 0 Å². The second-order valence-corrected chi connectivity index (χ2v) is 14.2. The molecule has 2 heterocycles. The van der Waals surface area contributed by atoms with Crippen LogP contribution in [-0.4, -0.2) is 17.1 Å². The second-order valence-electron chi connectivity index (χ2n) is 10.3. The molecule has 47 heavy (non-hydrogen) atoms. The van der Waals surface area contributed by atoms with Crippen molar-refractivity contribution in [3.05, 3.63) is 156 Å². The lowest BCUT2D eigenvalue weighted by Crippen LogP contribution is -2.40. The Morgan fingerprint density at radius 2 is 1.83 bits per heavy atom. The first-order chi connectivity index (χ1) is 22.6. The molecule has 0 amide bonds. The smallest absolute Gasteiger partial charge is 0.338 e. The number of benzene rings is 4. The van der Waals surface area contributed by atoms with Gasteiger partial charge in [0.05, 0.1) is 32.0 Å². The van der Waals surface area contributed by atoms with Crippen LogP contribution >= 0.6 is 73.1 Å². The number of hydrogen-bond acceptors (Lipinski definition) is 6. The maximum Gasteiger partial charge on any atom is 0.338 e. The molecule has 0 spiro atoms. The van der Waals surface area contributed by atoms with Crippen LogP contribution in [-0.2, 0) is 16.1 Å². The Kier molecular flexibility index (Phi) is 10.3. The normalized spacial score (nSPS) is 14.5. The zero-order chi connectivity index (χ0) is 33.2. The van der Waals surface area contributed by atoms with Gasteiger partial charge < -0.3 is 9.47 Å². The maximum atomic E-state index is 14.3. The van der Waals surface area contributed by atoms with E-state index in [1.54, 1.807) is 43.3 Å². The highest BCUT2D eigenvalue weighted by atomic mass is 127. The summed E-state index contributed by atoms with van der Waals surface area (Å²) in [5.41, 5.74) is 2.80. The Labute approximate surface area is 305 Å². The van der Waals surface area contributed by atoms with Crippen LogP contribution in [0.5, 0.6) is 5.75 Å². The molecular formula is C35H23BrCl2FIN2O4S. The molecule has 0 saturated heterocycles. The van der Waals surface area contributed by atoms with Crippen molar-refractivity contribution < 1.29 is 18.7 Å². The SMILES string of the molecule is CCOC(=O)C1=C(c2ccccc2)N=c2s/c(=C\c3cc(Br)cc(I)c3OCc3ccc(Cl)cc3Cl)c(=O)n2[C@@H]1c1ccc(F)cc1. The molecule has 0 fully saturated rings. The van der Waals surface area contributed by atoms with Gasteiger partial charge in [-0.05, 0) is 77.6 Å². The average Bonchev–Trinajstić information content (AvgIpc) is 3.35. The van der Waals surface area contributed by atoms with Crippen molar-refractivity contribution in [3.8, 4) is 5.75 Å². The third-order valence-corrected chi connectivity index (χ3v) is 10.1. The predicted octanol–water partition coefficient (Wildman–Crippen LogP) is 8.33. The summed E-state index contributed by atoms with van der Waals surface area (Å²) in [5.74, 6) is -0.502. The molecule has 0 N–H and O–H groups in total. The van der Waals surface area contributed by atoms with Gasteiger partial charge in [-0.2, -0.15) is 0 Å². The van der Waals surface area contributed by atoms with E-state index in [-0.39, 0.29) is 24.3 Å². The highest BCUT2D eigenvalue weighted by Gasteiger charge is 2.35. The van der Waals surface area contributed by atoms with Crippen molar-refractivity contribution in [1.82, 2.24) is 4.57 Å². The molecule has 0 aliphatic carbocycles. The van der Waals surface area contributed by atoms with Crippen LogP contribution < -0.4 is 19.6 Å². The van der Waals surface area contributed by atoms with Crippen molar-refractivity contribution in [3.63, 3.8) is 0 Å². The standard InChI is InChI=1S/C35H23BrCl2FIN2O4S/c1-2-45-34(44)29-30(19-6-4-3-5-7-19)41-35-42(31(29)20-9-12-25(39)13-10-20)33(43)28(47-35)15-22-14-23(36)16-27(40)32(22)46-18-21-8-11-24(37)17-26(21)38/h3-17,31H,2,18H2,1H3/b28-15-/t31-/m1/s1. The molecule has 1 aliphatic rings. The molecule has 1 aliphatic heterocycles. The zero-order valence-electron chi connectivity index (χ0n) is 24.5. The summed E-state index contributed by atoms with van der Waals surface area (Å²) in [6.45, 7) is 2.00.